The average Bonchev–Trinajstić information content (AvgIpc) is 3.02. The molecule has 1 saturated heterocycles. The van der Waals surface area contributed by atoms with Gasteiger partial charge in [-0.1, -0.05) is 12.1 Å². The highest BCUT2D eigenvalue weighted by Gasteiger charge is 2.28. The second kappa shape index (κ2) is 7.90. The van der Waals surface area contributed by atoms with Gasteiger partial charge in [-0.3, -0.25) is 14.4 Å². The van der Waals surface area contributed by atoms with Gasteiger partial charge in [-0.15, -0.1) is 0 Å². The fourth-order valence-electron chi connectivity index (χ4n) is 3.43. The van der Waals surface area contributed by atoms with E-state index in [4.69, 9.17) is 0 Å². The largest absolute Gasteiger partial charge is 0.347 e. The van der Waals surface area contributed by atoms with Crippen LogP contribution in [0.15, 0.2) is 23.3 Å². The Balaban J connectivity index is 1.71. The lowest BCUT2D eigenvalue weighted by molar-refractivity contribution is -0.128. The molecule has 7 nitrogen and oxygen atoms in total. The van der Waals surface area contributed by atoms with Crippen LogP contribution in [0.5, 0.6) is 0 Å². The molecule has 3 rings (SSSR count). The number of hydrogen-bond donors (Lipinski definition) is 1. The fourth-order valence-corrected chi connectivity index (χ4v) is 3.43. The van der Waals surface area contributed by atoms with Crippen LogP contribution in [0.4, 0.5) is 5.69 Å². The van der Waals surface area contributed by atoms with E-state index in [1.165, 1.54) is 5.01 Å². The number of hydrazone groups is 1. The lowest BCUT2D eigenvalue weighted by Gasteiger charge is -2.26. The van der Waals surface area contributed by atoms with E-state index in [0.717, 1.165) is 24.1 Å². The minimum Gasteiger partial charge on any atom is -0.347 e. The zero-order chi connectivity index (χ0) is 19.6. The van der Waals surface area contributed by atoms with Crippen LogP contribution in [0.1, 0.15) is 43.7 Å². The Morgan fingerprint density at radius 3 is 2.67 bits per heavy atom. The Hall–Kier alpha value is -2.70. The number of carbonyl (C=O) groups excluding carboxylic acids is 3. The van der Waals surface area contributed by atoms with Crippen LogP contribution in [-0.4, -0.2) is 47.5 Å². The molecule has 0 aromatic heterocycles. The second-order valence-corrected chi connectivity index (χ2v) is 7.36. The standard InChI is InChI=1S/C20H26N4O3/c1-13-6-7-14(2)17(11-13)24-19(26)9-8-16(22-24)20(27)21-15(3)12-23-10-4-5-18(23)25/h6-7,11,15H,4-5,8-10,12H2,1-3H3,(H,21,27). The summed E-state index contributed by atoms with van der Waals surface area (Å²) >= 11 is 0. The van der Waals surface area contributed by atoms with Gasteiger partial charge in [0.2, 0.25) is 11.8 Å². The topological polar surface area (TPSA) is 82.1 Å². The molecule has 1 aromatic rings. The number of amides is 3. The van der Waals surface area contributed by atoms with Crippen molar-refractivity contribution in [3.8, 4) is 0 Å². The Labute approximate surface area is 159 Å². The van der Waals surface area contributed by atoms with Crippen molar-refractivity contribution in [3.63, 3.8) is 0 Å². The molecule has 0 bridgehead atoms. The minimum absolute atomic E-state index is 0.115. The maximum atomic E-state index is 12.6. The van der Waals surface area contributed by atoms with Gasteiger partial charge >= 0.3 is 0 Å². The van der Waals surface area contributed by atoms with Gasteiger partial charge in [0, 0.05) is 38.4 Å². The lowest BCUT2D eigenvalue weighted by atomic mass is 10.1. The molecule has 27 heavy (non-hydrogen) atoms. The highest BCUT2D eigenvalue weighted by atomic mass is 16.2. The quantitative estimate of drug-likeness (QED) is 0.860. The Kier molecular flexibility index (Phi) is 5.58. The maximum Gasteiger partial charge on any atom is 0.267 e. The molecular formula is C20H26N4O3. The van der Waals surface area contributed by atoms with Crippen molar-refractivity contribution in [3.05, 3.63) is 29.3 Å². The van der Waals surface area contributed by atoms with E-state index in [9.17, 15) is 14.4 Å². The predicted molar refractivity (Wildman–Crippen MR) is 103 cm³/mol. The van der Waals surface area contributed by atoms with E-state index in [-0.39, 0.29) is 30.2 Å². The SMILES string of the molecule is Cc1ccc(C)c(N2N=C(C(=O)NC(C)CN3CCCC3=O)CCC2=O)c1. The number of rotatable bonds is 5. The summed E-state index contributed by atoms with van der Waals surface area (Å²) in [4.78, 5) is 38.5. The number of nitrogens with zero attached hydrogens (tertiary/aromatic N) is 3. The summed E-state index contributed by atoms with van der Waals surface area (Å²) in [5.74, 6) is -0.259. The normalized spacial score (nSPS) is 18.6. The third-order valence-corrected chi connectivity index (χ3v) is 4.93. The molecule has 0 radical (unpaired) electrons. The molecule has 0 saturated carbocycles. The molecule has 3 amide bonds. The molecule has 144 valence electrons. The Morgan fingerprint density at radius 1 is 1.19 bits per heavy atom. The van der Waals surface area contributed by atoms with Crippen LogP contribution in [0.2, 0.25) is 0 Å². The van der Waals surface area contributed by atoms with Gasteiger partial charge in [-0.05, 0) is 44.4 Å². The first-order chi connectivity index (χ1) is 12.8. The molecule has 1 aromatic carbocycles. The molecule has 1 unspecified atom stereocenters. The van der Waals surface area contributed by atoms with E-state index < -0.39 is 0 Å². The molecule has 1 atom stereocenters. The van der Waals surface area contributed by atoms with E-state index in [0.29, 0.717) is 30.8 Å². The number of benzene rings is 1. The van der Waals surface area contributed by atoms with Gasteiger partial charge in [0.25, 0.3) is 5.91 Å². The van der Waals surface area contributed by atoms with Crippen LogP contribution in [0.3, 0.4) is 0 Å². The Bertz CT molecular complexity index is 802. The molecule has 7 heteroatoms. The molecule has 2 aliphatic rings. The van der Waals surface area contributed by atoms with Crippen molar-refractivity contribution < 1.29 is 14.4 Å². The lowest BCUT2D eigenvalue weighted by Crippen LogP contribution is -2.46. The first-order valence-corrected chi connectivity index (χ1v) is 9.41. The molecule has 1 fully saturated rings. The summed E-state index contributed by atoms with van der Waals surface area (Å²) in [5, 5.41) is 8.59. The Morgan fingerprint density at radius 2 is 1.96 bits per heavy atom. The molecular weight excluding hydrogens is 344 g/mol. The predicted octanol–water partition coefficient (Wildman–Crippen LogP) is 1.91. The van der Waals surface area contributed by atoms with Gasteiger partial charge in [-0.2, -0.15) is 5.10 Å². The van der Waals surface area contributed by atoms with Crippen molar-refractivity contribution >= 4 is 29.1 Å². The van der Waals surface area contributed by atoms with E-state index in [1.807, 2.05) is 39.0 Å². The summed E-state index contributed by atoms with van der Waals surface area (Å²) in [5.41, 5.74) is 3.01. The summed E-state index contributed by atoms with van der Waals surface area (Å²) in [6.07, 6.45) is 2.03. The smallest absolute Gasteiger partial charge is 0.267 e. The molecule has 0 spiro atoms. The van der Waals surface area contributed by atoms with E-state index in [1.54, 1.807) is 4.90 Å². The number of anilines is 1. The minimum atomic E-state index is -0.281. The molecule has 2 aliphatic heterocycles. The van der Waals surface area contributed by atoms with Gasteiger partial charge in [0.1, 0.15) is 5.71 Å². The van der Waals surface area contributed by atoms with Crippen LogP contribution in [0, 0.1) is 13.8 Å². The second-order valence-electron chi connectivity index (χ2n) is 7.36. The zero-order valence-electron chi connectivity index (χ0n) is 16.1. The molecule has 0 aliphatic carbocycles. The summed E-state index contributed by atoms with van der Waals surface area (Å²) in [6, 6.07) is 5.65. The highest BCUT2D eigenvalue weighted by Crippen LogP contribution is 2.25. The zero-order valence-corrected chi connectivity index (χ0v) is 16.1. The van der Waals surface area contributed by atoms with Gasteiger partial charge < -0.3 is 10.2 Å². The number of likely N-dealkylation sites (tertiary alicyclic amines) is 1. The summed E-state index contributed by atoms with van der Waals surface area (Å²) in [7, 11) is 0. The van der Waals surface area contributed by atoms with Crippen molar-refractivity contribution in [2.24, 2.45) is 5.10 Å². The van der Waals surface area contributed by atoms with E-state index in [2.05, 4.69) is 10.4 Å². The van der Waals surface area contributed by atoms with Crippen molar-refractivity contribution in [2.45, 2.75) is 52.5 Å². The summed E-state index contributed by atoms with van der Waals surface area (Å²) in [6.45, 7) is 6.99. The molecule has 2 heterocycles. The van der Waals surface area contributed by atoms with Crippen LogP contribution >= 0.6 is 0 Å². The van der Waals surface area contributed by atoms with Gasteiger partial charge in [0.15, 0.2) is 0 Å². The van der Waals surface area contributed by atoms with Crippen LogP contribution in [-0.2, 0) is 14.4 Å². The monoisotopic (exact) mass is 370 g/mol. The maximum absolute atomic E-state index is 12.6. The summed E-state index contributed by atoms with van der Waals surface area (Å²) < 4.78 is 0. The van der Waals surface area contributed by atoms with E-state index >= 15 is 0 Å². The highest BCUT2D eigenvalue weighted by molar-refractivity contribution is 6.40. The third-order valence-electron chi connectivity index (χ3n) is 4.93. The number of hydrogen-bond acceptors (Lipinski definition) is 4. The molecule has 1 N–H and O–H groups in total. The number of carbonyl (C=O) groups is 3. The number of nitrogens with one attached hydrogen (secondary N) is 1. The fraction of sp³-hybridized carbons (Fsp3) is 0.500. The van der Waals surface area contributed by atoms with Gasteiger partial charge in [-0.25, -0.2) is 5.01 Å². The first-order valence-electron chi connectivity index (χ1n) is 9.41. The average molecular weight is 370 g/mol. The van der Waals surface area contributed by atoms with Crippen molar-refractivity contribution in [2.75, 3.05) is 18.1 Å². The number of aryl methyl sites for hydroxylation is 2. The van der Waals surface area contributed by atoms with Crippen LogP contribution < -0.4 is 10.3 Å². The van der Waals surface area contributed by atoms with Crippen LogP contribution in [0.25, 0.3) is 0 Å². The third kappa shape index (κ3) is 4.35. The van der Waals surface area contributed by atoms with Crippen molar-refractivity contribution in [1.82, 2.24) is 10.2 Å². The van der Waals surface area contributed by atoms with Gasteiger partial charge in [0.05, 0.1) is 5.69 Å². The van der Waals surface area contributed by atoms with Crippen molar-refractivity contribution in [1.29, 1.82) is 0 Å². The first kappa shape index (κ1) is 19.1.